The first-order valence-electron chi connectivity index (χ1n) is 8.76. The molecule has 1 saturated heterocycles. The molecular weight excluding hydrogens is 402 g/mol. The average molecular weight is 418 g/mol. The lowest BCUT2D eigenvalue weighted by Crippen LogP contribution is -2.37. The lowest BCUT2D eigenvalue weighted by Gasteiger charge is -2.23. The SMILES string of the molecule is O=C(c1ccc(Cl)c([N+](=O)[O-])c1)N(CC1CCCO1)c1nc2ccccc2s1. The van der Waals surface area contributed by atoms with Crippen LogP contribution in [-0.4, -0.2) is 35.1 Å². The quantitative estimate of drug-likeness (QED) is 0.444. The number of carbonyl (C=O) groups excluding carboxylic acids is 1. The van der Waals surface area contributed by atoms with Gasteiger partial charge < -0.3 is 4.74 Å². The van der Waals surface area contributed by atoms with E-state index >= 15 is 0 Å². The molecule has 0 saturated carbocycles. The highest BCUT2D eigenvalue weighted by molar-refractivity contribution is 7.22. The zero-order chi connectivity index (χ0) is 19.7. The monoisotopic (exact) mass is 417 g/mol. The van der Waals surface area contributed by atoms with Crippen molar-refractivity contribution in [3.63, 3.8) is 0 Å². The molecule has 3 aromatic rings. The number of thiazole rings is 1. The second-order valence-electron chi connectivity index (χ2n) is 6.44. The number of amides is 1. The molecule has 4 rings (SSSR count). The molecule has 1 aliphatic heterocycles. The summed E-state index contributed by atoms with van der Waals surface area (Å²) < 4.78 is 6.66. The van der Waals surface area contributed by atoms with E-state index in [9.17, 15) is 14.9 Å². The Balaban J connectivity index is 1.73. The van der Waals surface area contributed by atoms with Gasteiger partial charge in [0.05, 0.1) is 27.8 Å². The van der Waals surface area contributed by atoms with Crippen LogP contribution in [0.3, 0.4) is 0 Å². The van der Waals surface area contributed by atoms with Crippen LogP contribution in [0.15, 0.2) is 42.5 Å². The molecule has 2 heterocycles. The molecule has 0 aliphatic carbocycles. The Kier molecular flexibility index (Phi) is 5.25. The Morgan fingerprint density at radius 1 is 1.36 bits per heavy atom. The van der Waals surface area contributed by atoms with Crippen LogP contribution >= 0.6 is 22.9 Å². The van der Waals surface area contributed by atoms with Crippen LogP contribution in [0.1, 0.15) is 23.2 Å². The number of benzene rings is 2. The molecule has 1 atom stereocenters. The number of carbonyl (C=O) groups is 1. The number of hydrogen-bond acceptors (Lipinski definition) is 6. The van der Waals surface area contributed by atoms with Gasteiger partial charge in [-0.25, -0.2) is 4.98 Å². The molecule has 0 N–H and O–H groups in total. The van der Waals surface area contributed by atoms with Crippen molar-refractivity contribution in [1.82, 2.24) is 4.98 Å². The second-order valence-corrected chi connectivity index (χ2v) is 7.85. The van der Waals surface area contributed by atoms with Crippen molar-refractivity contribution in [3.8, 4) is 0 Å². The van der Waals surface area contributed by atoms with Gasteiger partial charge in [-0.1, -0.05) is 35.1 Å². The first-order valence-corrected chi connectivity index (χ1v) is 9.95. The molecule has 7 nitrogen and oxygen atoms in total. The fourth-order valence-electron chi connectivity index (χ4n) is 3.16. The van der Waals surface area contributed by atoms with Crippen molar-refractivity contribution in [2.24, 2.45) is 0 Å². The van der Waals surface area contributed by atoms with E-state index in [-0.39, 0.29) is 28.3 Å². The third-order valence-corrected chi connectivity index (χ3v) is 5.94. The molecule has 1 fully saturated rings. The van der Waals surface area contributed by atoms with E-state index in [0.717, 1.165) is 23.1 Å². The number of anilines is 1. The third-order valence-electron chi connectivity index (χ3n) is 4.56. The van der Waals surface area contributed by atoms with Crippen molar-refractivity contribution in [1.29, 1.82) is 0 Å². The fourth-order valence-corrected chi connectivity index (χ4v) is 4.32. The van der Waals surface area contributed by atoms with E-state index in [1.54, 1.807) is 4.90 Å². The van der Waals surface area contributed by atoms with Crippen molar-refractivity contribution >= 4 is 49.9 Å². The smallest absolute Gasteiger partial charge is 0.288 e. The highest BCUT2D eigenvalue weighted by Crippen LogP contribution is 2.32. The summed E-state index contributed by atoms with van der Waals surface area (Å²) in [5.41, 5.74) is 0.692. The number of nitro groups is 1. The van der Waals surface area contributed by atoms with Gasteiger partial charge in [0.1, 0.15) is 5.02 Å². The summed E-state index contributed by atoms with van der Waals surface area (Å²) in [4.78, 5) is 30.0. The van der Waals surface area contributed by atoms with E-state index in [2.05, 4.69) is 4.98 Å². The summed E-state index contributed by atoms with van der Waals surface area (Å²) in [6.07, 6.45) is 1.72. The first-order chi connectivity index (χ1) is 13.5. The van der Waals surface area contributed by atoms with Crippen LogP contribution in [0, 0.1) is 10.1 Å². The Hall–Kier alpha value is -2.55. The van der Waals surface area contributed by atoms with Gasteiger partial charge in [-0.15, -0.1) is 0 Å². The molecule has 28 heavy (non-hydrogen) atoms. The van der Waals surface area contributed by atoms with Crippen molar-refractivity contribution < 1.29 is 14.5 Å². The lowest BCUT2D eigenvalue weighted by molar-refractivity contribution is -0.384. The number of nitro benzene ring substituents is 1. The number of aromatic nitrogens is 1. The van der Waals surface area contributed by atoms with Gasteiger partial charge in [0.2, 0.25) is 0 Å². The zero-order valence-electron chi connectivity index (χ0n) is 14.7. The number of ether oxygens (including phenoxy) is 1. The van der Waals surface area contributed by atoms with Gasteiger partial charge >= 0.3 is 0 Å². The van der Waals surface area contributed by atoms with Gasteiger partial charge in [-0.05, 0) is 37.1 Å². The molecule has 1 amide bonds. The number of para-hydroxylation sites is 1. The van der Waals surface area contributed by atoms with Gasteiger partial charge in [0.25, 0.3) is 11.6 Å². The van der Waals surface area contributed by atoms with Crippen LogP contribution < -0.4 is 4.90 Å². The molecule has 1 aromatic heterocycles. The standard InChI is InChI=1S/C19H16ClN3O4S/c20-14-8-7-12(10-16(14)23(25)26)18(24)22(11-13-4-3-9-27-13)19-21-15-5-1-2-6-17(15)28-19/h1-2,5-8,10,13H,3-4,9,11H2. The van der Waals surface area contributed by atoms with Crippen LogP contribution in [0.2, 0.25) is 5.02 Å². The van der Waals surface area contributed by atoms with Crippen LogP contribution in [0.5, 0.6) is 0 Å². The predicted octanol–water partition coefficient (Wildman–Crippen LogP) is 4.68. The number of halogens is 1. The van der Waals surface area contributed by atoms with Crippen molar-refractivity contribution in [2.45, 2.75) is 18.9 Å². The summed E-state index contributed by atoms with van der Waals surface area (Å²) >= 11 is 7.29. The Morgan fingerprint density at radius 2 is 2.18 bits per heavy atom. The van der Waals surface area contributed by atoms with Crippen LogP contribution in [-0.2, 0) is 4.74 Å². The van der Waals surface area contributed by atoms with Gasteiger partial charge in [0, 0.05) is 18.2 Å². The second kappa shape index (κ2) is 7.83. The highest BCUT2D eigenvalue weighted by atomic mass is 35.5. The predicted molar refractivity (Wildman–Crippen MR) is 108 cm³/mol. The topological polar surface area (TPSA) is 85.6 Å². The summed E-state index contributed by atoms with van der Waals surface area (Å²) in [6.45, 7) is 1.01. The van der Waals surface area contributed by atoms with Gasteiger partial charge in [0.15, 0.2) is 5.13 Å². The summed E-state index contributed by atoms with van der Waals surface area (Å²) in [5.74, 6) is -0.366. The molecule has 0 radical (unpaired) electrons. The number of nitrogens with zero attached hydrogens (tertiary/aromatic N) is 3. The Bertz CT molecular complexity index is 1020. The summed E-state index contributed by atoms with van der Waals surface area (Å²) in [7, 11) is 0. The molecule has 0 bridgehead atoms. The maximum atomic E-state index is 13.3. The Morgan fingerprint density at radius 3 is 2.89 bits per heavy atom. The largest absolute Gasteiger partial charge is 0.376 e. The van der Waals surface area contributed by atoms with Gasteiger partial charge in [-0.3, -0.25) is 19.8 Å². The molecule has 144 valence electrons. The molecule has 9 heteroatoms. The minimum absolute atomic E-state index is 0.00721. The number of rotatable bonds is 5. The minimum Gasteiger partial charge on any atom is -0.376 e. The highest BCUT2D eigenvalue weighted by Gasteiger charge is 2.28. The molecule has 0 spiro atoms. The summed E-state index contributed by atoms with van der Waals surface area (Å²) in [5, 5.41) is 11.7. The van der Waals surface area contributed by atoms with E-state index in [1.165, 1.54) is 29.5 Å². The first kappa shape index (κ1) is 18.8. The zero-order valence-corrected chi connectivity index (χ0v) is 16.3. The van der Waals surface area contributed by atoms with E-state index < -0.39 is 4.92 Å². The Labute approximate surface area is 169 Å². The van der Waals surface area contributed by atoms with Gasteiger partial charge in [-0.2, -0.15) is 0 Å². The van der Waals surface area contributed by atoms with Crippen LogP contribution in [0.25, 0.3) is 10.2 Å². The molecule has 1 aliphatic rings. The molecule has 2 aromatic carbocycles. The average Bonchev–Trinajstić information content (AvgIpc) is 3.35. The van der Waals surface area contributed by atoms with E-state index in [0.29, 0.717) is 18.3 Å². The van der Waals surface area contributed by atoms with E-state index in [1.807, 2.05) is 24.3 Å². The van der Waals surface area contributed by atoms with Crippen molar-refractivity contribution in [2.75, 3.05) is 18.1 Å². The maximum absolute atomic E-state index is 13.3. The lowest BCUT2D eigenvalue weighted by atomic mass is 10.1. The third kappa shape index (κ3) is 3.71. The van der Waals surface area contributed by atoms with Crippen molar-refractivity contribution in [3.05, 3.63) is 63.2 Å². The fraction of sp³-hybridized carbons (Fsp3) is 0.263. The minimum atomic E-state index is -0.596. The number of hydrogen-bond donors (Lipinski definition) is 0. The normalized spacial score (nSPS) is 16.4. The molecular formula is C19H16ClN3O4S. The van der Waals surface area contributed by atoms with Crippen LogP contribution in [0.4, 0.5) is 10.8 Å². The molecule has 1 unspecified atom stereocenters. The number of fused-ring (bicyclic) bond motifs is 1. The van der Waals surface area contributed by atoms with E-state index in [4.69, 9.17) is 16.3 Å². The summed E-state index contributed by atoms with van der Waals surface area (Å²) in [6, 6.07) is 11.7. The maximum Gasteiger partial charge on any atom is 0.288 e.